The number of anilines is 1. The van der Waals surface area contributed by atoms with Crippen molar-refractivity contribution in [1.82, 2.24) is 10.2 Å². The monoisotopic (exact) mass is 495 g/mol. The molecule has 0 saturated carbocycles. The largest absolute Gasteiger partial charge is 0.494 e. The number of carbonyl (C=O) groups is 2. The first kappa shape index (κ1) is 26.2. The van der Waals surface area contributed by atoms with Crippen LogP contribution in [0.2, 0.25) is 0 Å². The van der Waals surface area contributed by atoms with Crippen molar-refractivity contribution in [3.63, 3.8) is 0 Å². The SMILES string of the molecule is CCCCOc1ccc(C(=O)Nc2cccc(C3NC(=S)N(CC)C(C)=C3C(=O)OCC)c2)cc1. The molecule has 0 radical (unpaired) electrons. The minimum Gasteiger partial charge on any atom is -0.494 e. The summed E-state index contributed by atoms with van der Waals surface area (Å²) in [6, 6.07) is 14.0. The predicted octanol–water partition coefficient (Wildman–Crippen LogP) is 5.21. The van der Waals surface area contributed by atoms with Crippen LogP contribution in [0.25, 0.3) is 0 Å². The predicted molar refractivity (Wildman–Crippen MR) is 141 cm³/mol. The Morgan fingerprint density at radius 1 is 1.11 bits per heavy atom. The fourth-order valence-electron chi connectivity index (χ4n) is 3.92. The molecule has 35 heavy (non-hydrogen) atoms. The number of benzene rings is 2. The summed E-state index contributed by atoms with van der Waals surface area (Å²) in [5.74, 6) is 0.120. The van der Waals surface area contributed by atoms with Gasteiger partial charge in [-0.05, 0) is 81.4 Å². The van der Waals surface area contributed by atoms with Crippen LogP contribution < -0.4 is 15.4 Å². The summed E-state index contributed by atoms with van der Waals surface area (Å²) in [5, 5.41) is 6.74. The quantitative estimate of drug-likeness (QED) is 0.266. The van der Waals surface area contributed by atoms with Crippen LogP contribution in [0.15, 0.2) is 59.8 Å². The molecule has 1 amide bonds. The molecule has 1 atom stereocenters. The number of allylic oxidation sites excluding steroid dienone is 1. The zero-order chi connectivity index (χ0) is 25.4. The smallest absolute Gasteiger partial charge is 0.338 e. The summed E-state index contributed by atoms with van der Waals surface area (Å²) in [7, 11) is 0. The van der Waals surface area contributed by atoms with E-state index >= 15 is 0 Å². The summed E-state index contributed by atoms with van der Waals surface area (Å²) in [4.78, 5) is 27.6. The third-order valence-electron chi connectivity index (χ3n) is 5.77. The van der Waals surface area contributed by atoms with E-state index in [1.54, 1.807) is 31.2 Å². The molecule has 0 saturated heterocycles. The van der Waals surface area contributed by atoms with E-state index in [4.69, 9.17) is 21.7 Å². The Balaban J connectivity index is 1.81. The topological polar surface area (TPSA) is 79.9 Å². The summed E-state index contributed by atoms with van der Waals surface area (Å²) < 4.78 is 11.0. The van der Waals surface area contributed by atoms with E-state index in [1.807, 2.05) is 43.0 Å². The third-order valence-corrected chi connectivity index (χ3v) is 6.11. The summed E-state index contributed by atoms with van der Waals surface area (Å²) in [6.45, 7) is 9.30. The van der Waals surface area contributed by atoms with Crippen LogP contribution in [0.3, 0.4) is 0 Å². The fraction of sp³-hybridized carbons (Fsp3) is 0.370. The van der Waals surface area contributed by atoms with Gasteiger partial charge in [-0.3, -0.25) is 4.79 Å². The van der Waals surface area contributed by atoms with Gasteiger partial charge in [-0.25, -0.2) is 4.79 Å². The molecule has 8 heteroatoms. The number of nitrogens with zero attached hydrogens (tertiary/aromatic N) is 1. The van der Waals surface area contributed by atoms with Crippen LogP contribution >= 0.6 is 12.2 Å². The maximum atomic E-state index is 12.8. The molecule has 0 fully saturated rings. The molecule has 186 valence electrons. The van der Waals surface area contributed by atoms with Crippen LogP contribution in [-0.2, 0) is 9.53 Å². The minimum atomic E-state index is -0.485. The Kier molecular flexibility index (Phi) is 9.25. The highest BCUT2D eigenvalue weighted by Gasteiger charge is 2.34. The van der Waals surface area contributed by atoms with E-state index in [9.17, 15) is 9.59 Å². The van der Waals surface area contributed by atoms with E-state index in [1.165, 1.54) is 0 Å². The van der Waals surface area contributed by atoms with Crippen molar-refractivity contribution in [2.24, 2.45) is 0 Å². The number of thiocarbonyl (C=S) groups is 1. The van der Waals surface area contributed by atoms with E-state index in [0.717, 1.165) is 29.9 Å². The molecular formula is C27H33N3O4S. The summed E-state index contributed by atoms with van der Waals surface area (Å²) in [5.41, 5.74) is 3.20. The van der Waals surface area contributed by atoms with Gasteiger partial charge < -0.3 is 25.0 Å². The molecule has 0 spiro atoms. The van der Waals surface area contributed by atoms with E-state index < -0.39 is 6.04 Å². The number of hydrogen-bond acceptors (Lipinski definition) is 5. The number of esters is 1. The van der Waals surface area contributed by atoms with Gasteiger partial charge >= 0.3 is 5.97 Å². The van der Waals surface area contributed by atoms with Gasteiger partial charge in [0.1, 0.15) is 5.75 Å². The first-order valence-corrected chi connectivity index (χ1v) is 12.4. The molecule has 2 aromatic carbocycles. The number of ether oxygens (including phenoxy) is 2. The van der Waals surface area contributed by atoms with E-state index in [-0.39, 0.29) is 18.5 Å². The summed E-state index contributed by atoms with van der Waals surface area (Å²) in [6.07, 6.45) is 2.05. The van der Waals surface area contributed by atoms with Crippen molar-refractivity contribution in [2.75, 3.05) is 25.1 Å². The van der Waals surface area contributed by atoms with Gasteiger partial charge in [0.2, 0.25) is 0 Å². The molecule has 2 N–H and O–H groups in total. The number of nitrogens with one attached hydrogen (secondary N) is 2. The van der Waals surface area contributed by atoms with Crippen molar-refractivity contribution in [1.29, 1.82) is 0 Å². The molecule has 0 bridgehead atoms. The average molecular weight is 496 g/mol. The van der Waals surface area contributed by atoms with Crippen LogP contribution in [0.5, 0.6) is 5.75 Å². The maximum absolute atomic E-state index is 12.8. The van der Waals surface area contributed by atoms with Crippen molar-refractivity contribution in [3.05, 3.63) is 70.9 Å². The fourth-order valence-corrected chi connectivity index (χ4v) is 4.31. The number of unbranched alkanes of at least 4 members (excludes halogenated alkanes) is 1. The number of hydrogen-bond donors (Lipinski definition) is 2. The lowest BCUT2D eigenvalue weighted by molar-refractivity contribution is -0.139. The van der Waals surface area contributed by atoms with Crippen LogP contribution in [0.4, 0.5) is 5.69 Å². The molecule has 3 rings (SSSR count). The van der Waals surface area contributed by atoms with E-state index in [2.05, 4.69) is 17.6 Å². The van der Waals surface area contributed by atoms with Gasteiger partial charge in [-0.2, -0.15) is 0 Å². The highest BCUT2D eigenvalue weighted by atomic mass is 32.1. The van der Waals surface area contributed by atoms with Crippen LogP contribution in [0.1, 0.15) is 62.5 Å². The zero-order valence-electron chi connectivity index (χ0n) is 20.7. The van der Waals surface area contributed by atoms with E-state index in [0.29, 0.717) is 35.1 Å². The lowest BCUT2D eigenvalue weighted by Crippen LogP contribution is -2.47. The molecule has 1 aliphatic heterocycles. The van der Waals surface area contributed by atoms with Crippen molar-refractivity contribution < 1.29 is 19.1 Å². The lowest BCUT2D eigenvalue weighted by Gasteiger charge is -2.37. The molecule has 1 unspecified atom stereocenters. The molecular weight excluding hydrogens is 462 g/mol. The Bertz CT molecular complexity index is 1100. The van der Waals surface area contributed by atoms with Crippen molar-refractivity contribution in [2.45, 2.75) is 46.6 Å². The van der Waals surface area contributed by atoms with Crippen molar-refractivity contribution in [3.8, 4) is 5.75 Å². The van der Waals surface area contributed by atoms with Gasteiger partial charge in [0.15, 0.2) is 5.11 Å². The Morgan fingerprint density at radius 3 is 2.51 bits per heavy atom. The van der Waals surface area contributed by atoms with Gasteiger partial charge in [-0.1, -0.05) is 25.5 Å². The zero-order valence-corrected chi connectivity index (χ0v) is 21.5. The van der Waals surface area contributed by atoms with Crippen molar-refractivity contribution >= 4 is 34.9 Å². The average Bonchev–Trinajstić information content (AvgIpc) is 2.84. The van der Waals surface area contributed by atoms with Crippen LogP contribution in [-0.4, -0.2) is 41.6 Å². The standard InChI is InChI=1S/C27H33N3O4S/c1-5-8-16-34-22-14-12-19(13-15-22)25(31)28-21-11-9-10-20(17-21)24-23(26(32)33-7-3)18(4)30(6-2)27(35)29-24/h9-15,17,24H,5-8,16H2,1-4H3,(H,28,31)(H,29,35). The molecule has 0 aromatic heterocycles. The van der Waals surface area contributed by atoms with Crippen LogP contribution in [0, 0.1) is 0 Å². The lowest BCUT2D eigenvalue weighted by atomic mass is 9.94. The molecule has 1 heterocycles. The number of amides is 1. The second-order valence-electron chi connectivity index (χ2n) is 8.15. The maximum Gasteiger partial charge on any atom is 0.338 e. The normalized spacial score (nSPS) is 15.5. The number of rotatable bonds is 10. The molecule has 7 nitrogen and oxygen atoms in total. The highest BCUT2D eigenvalue weighted by Crippen LogP contribution is 2.32. The Morgan fingerprint density at radius 2 is 1.86 bits per heavy atom. The Hall–Kier alpha value is -3.39. The first-order valence-electron chi connectivity index (χ1n) is 12.0. The summed E-state index contributed by atoms with van der Waals surface area (Å²) >= 11 is 5.54. The second kappa shape index (κ2) is 12.4. The van der Waals surface area contributed by atoms with Gasteiger partial charge in [-0.15, -0.1) is 0 Å². The van der Waals surface area contributed by atoms with Gasteiger partial charge in [0.05, 0.1) is 24.8 Å². The highest BCUT2D eigenvalue weighted by molar-refractivity contribution is 7.80. The molecule has 2 aromatic rings. The minimum absolute atomic E-state index is 0.233. The molecule has 0 aliphatic carbocycles. The Labute approximate surface area is 212 Å². The van der Waals surface area contributed by atoms with Gasteiger partial charge in [0.25, 0.3) is 5.91 Å². The number of carbonyl (C=O) groups excluding carboxylic acids is 2. The van der Waals surface area contributed by atoms with Gasteiger partial charge in [0, 0.05) is 23.5 Å². The second-order valence-corrected chi connectivity index (χ2v) is 8.54. The third kappa shape index (κ3) is 6.39. The first-order chi connectivity index (χ1) is 16.9. The molecule has 1 aliphatic rings.